The summed E-state index contributed by atoms with van der Waals surface area (Å²) < 4.78 is 71.0. The second-order valence-electron chi connectivity index (χ2n) is 5.82. The highest BCUT2D eigenvalue weighted by atomic mass is 35.5. The largest absolute Gasteiger partial charge is 0.495 e. The number of carbonyl (C=O) groups excluding carboxylic acids is 1. The van der Waals surface area contributed by atoms with E-state index in [0.717, 1.165) is 18.2 Å². The summed E-state index contributed by atoms with van der Waals surface area (Å²) in [5, 5.41) is 1.81. The molecule has 158 valence electrons. The van der Waals surface area contributed by atoms with Crippen LogP contribution in [0.15, 0.2) is 41.3 Å². The minimum absolute atomic E-state index is 0.00188. The molecule has 29 heavy (non-hydrogen) atoms. The Balaban J connectivity index is 2.20. The SMILES string of the molecule is COc1ccc(Cl)cc1S(=O)(=O)N[C@@H](C)C(=O)Nc1ccc(Cl)c(C(F)(F)F)c1. The van der Waals surface area contributed by atoms with Gasteiger partial charge in [0.15, 0.2) is 0 Å². The number of anilines is 1. The van der Waals surface area contributed by atoms with Crippen LogP contribution in [0, 0.1) is 0 Å². The molecule has 0 unspecified atom stereocenters. The molecule has 0 aliphatic carbocycles. The number of halogens is 5. The zero-order valence-electron chi connectivity index (χ0n) is 15.0. The van der Waals surface area contributed by atoms with Crippen molar-refractivity contribution in [2.45, 2.75) is 24.0 Å². The van der Waals surface area contributed by atoms with Crippen molar-refractivity contribution in [1.82, 2.24) is 4.72 Å². The zero-order valence-corrected chi connectivity index (χ0v) is 17.3. The molecule has 6 nitrogen and oxygen atoms in total. The predicted molar refractivity (Wildman–Crippen MR) is 103 cm³/mol. The summed E-state index contributed by atoms with van der Waals surface area (Å²) >= 11 is 11.4. The van der Waals surface area contributed by atoms with Crippen LogP contribution in [0.3, 0.4) is 0 Å². The van der Waals surface area contributed by atoms with Crippen molar-refractivity contribution in [3.63, 3.8) is 0 Å². The predicted octanol–water partition coefficient (Wildman–Crippen LogP) is 4.33. The first-order chi connectivity index (χ1) is 13.3. The van der Waals surface area contributed by atoms with E-state index in [-0.39, 0.29) is 21.4 Å². The Hall–Kier alpha value is -2.01. The number of alkyl halides is 3. The topological polar surface area (TPSA) is 84.5 Å². The third kappa shape index (κ3) is 5.75. The van der Waals surface area contributed by atoms with E-state index in [1.54, 1.807) is 0 Å². The Kier molecular flexibility index (Phi) is 7.05. The first-order valence-electron chi connectivity index (χ1n) is 7.88. The Morgan fingerprint density at radius 3 is 2.38 bits per heavy atom. The third-order valence-corrected chi connectivity index (χ3v) is 5.81. The van der Waals surface area contributed by atoms with E-state index in [1.165, 1.54) is 26.2 Å². The van der Waals surface area contributed by atoms with E-state index in [2.05, 4.69) is 10.0 Å². The molecule has 2 aromatic carbocycles. The normalized spacial score (nSPS) is 13.1. The van der Waals surface area contributed by atoms with Crippen molar-refractivity contribution in [1.29, 1.82) is 0 Å². The number of nitrogens with one attached hydrogen (secondary N) is 2. The van der Waals surface area contributed by atoms with Gasteiger partial charge in [0.25, 0.3) is 0 Å². The fourth-order valence-electron chi connectivity index (χ4n) is 2.28. The third-order valence-electron chi connectivity index (χ3n) is 3.68. The van der Waals surface area contributed by atoms with Crippen LogP contribution in [0.5, 0.6) is 5.75 Å². The number of methoxy groups -OCH3 is 1. The van der Waals surface area contributed by atoms with Crippen LogP contribution in [0.1, 0.15) is 12.5 Å². The van der Waals surface area contributed by atoms with Crippen LogP contribution < -0.4 is 14.8 Å². The molecule has 0 aliphatic heterocycles. The van der Waals surface area contributed by atoms with Crippen molar-refractivity contribution < 1.29 is 31.1 Å². The smallest absolute Gasteiger partial charge is 0.417 e. The number of hydrogen-bond acceptors (Lipinski definition) is 4. The lowest BCUT2D eigenvalue weighted by atomic mass is 10.2. The summed E-state index contributed by atoms with van der Waals surface area (Å²) in [5.41, 5.74) is -1.33. The van der Waals surface area contributed by atoms with Crippen LogP contribution in [-0.4, -0.2) is 27.5 Å². The molecule has 2 N–H and O–H groups in total. The monoisotopic (exact) mass is 470 g/mol. The summed E-state index contributed by atoms with van der Waals surface area (Å²) in [6, 6.07) is 5.38. The minimum atomic E-state index is -4.71. The number of sulfonamides is 1. The van der Waals surface area contributed by atoms with Gasteiger partial charge in [0.2, 0.25) is 15.9 Å². The van der Waals surface area contributed by atoms with E-state index in [9.17, 15) is 26.4 Å². The average molecular weight is 471 g/mol. The zero-order chi connectivity index (χ0) is 22.0. The van der Waals surface area contributed by atoms with E-state index in [0.29, 0.717) is 6.07 Å². The maximum atomic E-state index is 12.9. The highest BCUT2D eigenvalue weighted by Crippen LogP contribution is 2.36. The fourth-order valence-corrected chi connectivity index (χ4v) is 4.14. The van der Waals surface area contributed by atoms with Gasteiger partial charge in [-0.25, -0.2) is 8.42 Å². The molecule has 1 atom stereocenters. The van der Waals surface area contributed by atoms with Crippen molar-refractivity contribution >= 4 is 44.8 Å². The summed E-state index contributed by atoms with van der Waals surface area (Å²) in [5.74, 6) is -0.882. The lowest BCUT2D eigenvalue weighted by Crippen LogP contribution is -2.41. The maximum absolute atomic E-state index is 12.9. The first kappa shape index (κ1) is 23.3. The van der Waals surface area contributed by atoms with Crippen LogP contribution >= 0.6 is 23.2 Å². The molecule has 12 heteroatoms. The van der Waals surface area contributed by atoms with Crippen molar-refractivity contribution in [2.75, 3.05) is 12.4 Å². The molecule has 0 fully saturated rings. The summed E-state index contributed by atoms with van der Waals surface area (Å²) in [7, 11) is -2.96. The van der Waals surface area contributed by atoms with Crippen LogP contribution in [0.4, 0.5) is 18.9 Å². The van der Waals surface area contributed by atoms with Crippen LogP contribution in [0.25, 0.3) is 0 Å². The van der Waals surface area contributed by atoms with Gasteiger partial charge in [-0.15, -0.1) is 0 Å². The second kappa shape index (κ2) is 8.78. The Bertz CT molecular complexity index is 1030. The molecule has 2 aromatic rings. The van der Waals surface area contributed by atoms with Crippen molar-refractivity contribution in [2.24, 2.45) is 0 Å². The molecule has 1 amide bonds. The van der Waals surface area contributed by atoms with Crippen LogP contribution in [-0.2, 0) is 21.0 Å². The number of amides is 1. The molecule has 0 heterocycles. The number of hydrogen-bond donors (Lipinski definition) is 2. The molecule has 0 aromatic heterocycles. The molecular formula is C17H15Cl2F3N2O4S. The quantitative estimate of drug-likeness (QED) is 0.657. The van der Waals surface area contributed by atoms with Gasteiger partial charge in [0, 0.05) is 10.7 Å². The van der Waals surface area contributed by atoms with E-state index >= 15 is 0 Å². The number of ether oxygens (including phenoxy) is 1. The van der Waals surface area contributed by atoms with Gasteiger partial charge in [-0.2, -0.15) is 17.9 Å². The number of carbonyl (C=O) groups is 1. The van der Waals surface area contributed by atoms with Crippen LogP contribution in [0.2, 0.25) is 10.0 Å². The van der Waals surface area contributed by atoms with E-state index in [1.807, 2.05) is 0 Å². The van der Waals surface area contributed by atoms with Crippen molar-refractivity contribution in [3.8, 4) is 5.75 Å². The second-order valence-corrected chi connectivity index (χ2v) is 8.35. The standard InChI is InChI=1S/C17H15Cl2F3N2O4S/c1-9(24-29(26,27)15-7-10(18)3-6-14(15)28-2)16(25)23-11-4-5-13(19)12(8-11)17(20,21)22/h3-9,24H,1-2H3,(H,23,25)/t9-/m0/s1. The molecule has 2 rings (SSSR count). The van der Waals surface area contributed by atoms with Gasteiger partial charge in [0.05, 0.1) is 23.7 Å². The van der Waals surface area contributed by atoms with E-state index < -0.39 is 38.7 Å². The molecule has 0 aliphatic rings. The molecular weight excluding hydrogens is 456 g/mol. The highest BCUT2D eigenvalue weighted by molar-refractivity contribution is 7.89. The molecule has 0 saturated carbocycles. The molecule has 0 saturated heterocycles. The van der Waals surface area contributed by atoms with Gasteiger partial charge in [-0.1, -0.05) is 23.2 Å². The summed E-state index contributed by atoms with van der Waals surface area (Å²) in [6.45, 7) is 1.23. The Labute approximate surface area is 175 Å². The number of rotatable bonds is 6. The van der Waals surface area contributed by atoms with Gasteiger partial charge >= 0.3 is 6.18 Å². The lowest BCUT2D eigenvalue weighted by Gasteiger charge is -2.17. The van der Waals surface area contributed by atoms with Gasteiger partial charge in [-0.05, 0) is 43.3 Å². The number of benzene rings is 2. The first-order valence-corrected chi connectivity index (χ1v) is 10.1. The average Bonchev–Trinajstić information content (AvgIpc) is 2.61. The summed E-state index contributed by atoms with van der Waals surface area (Å²) in [4.78, 5) is 12.0. The summed E-state index contributed by atoms with van der Waals surface area (Å²) in [6.07, 6.45) is -4.71. The molecule has 0 bridgehead atoms. The van der Waals surface area contributed by atoms with E-state index in [4.69, 9.17) is 27.9 Å². The van der Waals surface area contributed by atoms with Gasteiger partial charge in [-0.3, -0.25) is 4.79 Å². The molecule has 0 radical (unpaired) electrons. The van der Waals surface area contributed by atoms with Gasteiger partial charge in [0.1, 0.15) is 10.6 Å². The fraction of sp³-hybridized carbons (Fsp3) is 0.235. The Morgan fingerprint density at radius 2 is 1.79 bits per heavy atom. The minimum Gasteiger partial charge on any atom is -0.495 e. The lowest BCUT2D eigenvalue weighted by molar-refractivity contribution is -0.137. The highest BCUT2D eigenvalue weighted by Gasteiger charge is 2.33. The Morgan fingerprint density at radius 1 is 1.14 bits per heavy atom. The maximum Gasteiger partial charge on any atom is 0.417 e. The molecule has 0 spiro atoms. The van der Waals surface area contributed by atoms with Gasteiger partial charge < -0.3 is 10.1 Å². The van der Waals surface area contributed by atoms with Crippen molar-refractivity contribution in [3.05, 3.63) is 52.0 Å².